The van der Waals surface area contributed by atoms with E-state index in [1.807, 2.05) is 6.07 Å². The Balaban J connectivity index is 2.33. The highest BCUT2D eigenvalue weighted by atomic mass is 19.1. The van der Waals surface area contributed by atoms with Gasteiger partial charge in [0.2, 0.25) is 0 Å². The van der Waals surface area contributed by atoms with Crippen LogP contribution in [0.3, 0.4) is 0 Å². The summed E-state index contributed by atoms with van der Waals surface area (Å²) in [6, 6.07) is 6.24. The van der Waals surface area contributed by atoms with Gasteiger partial charge in [-0.2, -0.15) is 10.7 Å². The molecule has 1 unspecified atom stereocenters. The van der Waals surface area contributed by atoms with Crippen LogP contribution in [-0.4, -0.2) is 6.61 Å². The minimum absolute atomic E-state index is 0.00204. The Morgan fingerprint density at radius 3 is 3.00 bits per heavy atom. The zero-order valence-electron chi connectivity index (χ0n) is 7.46. The molecule has 1 aliphatic heterocycles. The van der Waals surface area contributed by atoms with Gasteiger partial charge in [0, 0.05) is 0 Å². The number of hydroxylamine groups is 1. The highest BCUT2D eigenvalue weighted by Crippen LogP contribution is 2.22. The smallest absolute Gasteiger partial charge is 0.124 e. The van der Waals surface area contributed by atoms with Crippen molar-refractivity contribution in [3.8, 4) is 6.07 Å². The van der Waals surface area contributed by atoms with Crippen molar-refractivity contribution < 1.29 is 9.23 Å². The average Bonchev–Trinajstić information content (AvgIpc) is 2.69. The van der Waals surface area contributed by atoms with Gasteiger partial charge in [0.1, 0.15) is 5.82 Å². The van der Waals surface area contributed by atoms with E-state index in [1.54, 1.807) is 6.07 Å². The first kappa shape index (κ1) is 9.13. The molecule has 14 heavy (non-hydrogen) atoms. The summed E-state index contributed by atoms with van der Waals surface area (Å²) in [7, 11) is 0. The third-order valence-electron chi connectivity index (χ3n) is 2.19. The summed E-state index contributed by atoms with van der Waals surface area (Å²) >= 11 is 0. The first-order valence-corrected chi connectivity index (χ1v) is 4.37. The summed E-state index contributed by atoms with van der Waals surface area (Å²) in [6.45, 7) is 0.614. The summed E-state index contributed by atoms with van der Waals surface area (Å²) < 4.78 is 13.0. The Morgan fingerprint density at radius 1 is 1.50 bits per heavy atom. The van der Waals surface area contributed by atoms with E-state index < -0.39 is 0 Å². The Labute approximate surface area is 81.1 Å². The van der Waals surface area contributed by atoms with Gasteiger partial charge >= 0.3 is 0 Å². The summed E-state index contributed by atoms with van der Waals surface area (Å²) in [4.78, 5) is 4.97. The highest BCUT2D eigenvalue weighted by molar-refractivity contribution is 5.35. The van der Waals surface area contributed by atoms with Crippen molar-refractivity contribution in [2.24, 2.45) is 0 Å². The largest absolute Gasteiger partial charge is 0.301 e. The summed E-state index contributed by atoms with van der Waals surface area (Å²) in [5, 5.41) is 8.66. The molecule has 0 radical (unpaired) electrons. The third-order valence-corrected chi connectivity index (χ3v) is 2.19. The second-order valence-corrected chi connectivity index (χ2v) is 3.19. The predicted molar refractivity (Wildman–Crippen MR) is 47.6 cm³/mol. The van der Waals surface area contributed by atoms with Crippen molar-refractivity contribution in [1.29, 1.82) is 5.26 Å². The van der Waals surface area contributed by atoms with Crippen molar-refractivity contribution in [3.63, 3.8) is 0 Å². The van der Waals surface area contributed by atoms with Gasteiger partial charge < -0.3 is 4.84 Å². The molecule has 0 saturated carbocycles. The van der Waals surface area contributed by atoms with Crippen molar-refractivity contribution in [2.75, 3.05) is 6.61 Å². The second kappa shape index (κ2) is 3.74. The predicted octanol–water partition coefficient (Wildman–Crippen LogP) is 1.66. The molecule has 4 heteroatoms. The first-order chi connectivity index (χ1) is 6.79. The number of benzene rings is 1. The number of nitrogens with one attached hydrogen (secondary N) is 1. The minimum Gasteiger partial charge on any atom is -0.301 e. The molecule has 0 aliphatic carbocycles. The molecular weight excluding hydrogens is 183 g/mol. The summed E-state index contributed by atoms with van der Waals surface area (Å²) in [5.74, 6) is -0.382. The van der Waals surface area contributed by atoms with Crippen LogP contribution < -0.4 is 5.48 Å². The summed E-state index contributed by atoms with van der Waals surface area (Å²) in [5.41, 5.74) is 3.88. The molecule has 1 fully saturated rings. The number of nitriles is 1. The van der Waals surface area contributed by atoms with Crippen molar-refractivity contribution in [2.45, 2.75) is 12.5 Å². The highest BCUT2D eigenvalue weighted by Gasteiger charge is 2.18. The Morgan fingerprint density at radius 2 is 2.36 bits per heavy atom. The number of hydrogen-bond acceptors (Lipinski definition) is 3. The van der Waals surface area contributed by atoms with Gasteiger partial charge in [-0.3, -0.25) is 0 Å². The standard InChI is InChI=1S/C10H9FN2O/c11-9-4-7(6-12)3-8(5-9)10-1-2-14-13-10/h3-5,10,13H,1-2H2. The maximum absolute atomic E-state index is 13.0. The topological polar surface area (TPSA) is 45.0 Å². The van der Waals surface area contributed by atoms with Crippen molar-refractivity contribution in [3.05, 3.63) is 35.1 Å². The molecule has 1 atom stereocenters. The lowest BCUT2D eigenvalue weighted by Gasteiger charge is -2.08. The van der Waals surface area contributed by atoms with Gasteiger partial charge in [-0.25, -0.2) is 4.39 Å². The molecule has 0 amide bonds. The summed E-state index contributed by atoms with van der Waals surface area (Å²) in [6.07, 6.45) is 0.800. The number of halogens is 1. The molecule has 1 aliphatic rings. The fourth-order valence-electron chi connectivity index (χ4n) is 1.51. The third kappa shape index (κ3) is 1.74. The molecule has 72 valence electrons. The number of rotatable bonds is 1. The lowest BCUT2D eigenvalue weighted by molar-refractivity contribution is 0.0882. The molecule has 1 saturated heterocycles. The maximum atomic E-state index is 13.0. The van der Waals surface area contributed by atoms with Crippen LogP contribution >= 0.6 is 0 Å². The molecule has 1 aromatic carbocycles. The Kier molecular flexibility index (Phi) is 2.44. The van der Waals surface area contributed by atoms with E-state index in [4.69, 9.17) is 10.1 Å². The van der Waals surface area contributed by atoms with Crippen LogP contribution in [0, 0.1) is 17.1 Å². The van der Waals surface area contributed by atoms with E-state index in [2.05, 4.69) is 5.48 Å². The second-order valence-electron chi connectivity index (χ2n) is 3.19. The van der Waals surface area contributed by atoms with Crippen LogP contribution in [0.5, 0.6) is 0 Å². The minimum atomic E-state index is -0.382. The van der Waals surface area contributed by atoms with E-state index >= 15 is 0 Å². The Bertz CT molecular complexity index is 380. The SMILES string of the molecule is N#Cc1cc(F)cc(C2CCON2)c1. The van der Waals surface area contributed by atoms with Crippen molar-refractivity contribution >= 4 is 0 Å². The van der Waals surface area contributed by atoms with Gasteiger partial charge in [-0.05, 0) is 30.2 Å². The van der Waals surface area contributed by atoms with E-state index in [1.165, 1.54) is 12.1 Å². The zero-order valence-corrected chi connectivity index (χ0v) is 7.46. The molecule has 0 spiro atoms. The van der Waals surface area contributed by atoms with Gasteiger partial charge in [0.25, 0.3) is 0 Å². The van der Waals surface area contributed by atoms with E-state index in [0.29, 0.717) is 12.2 Å². The lowest BCUT2D eigenvalue weighted by Crippen LogP contribution is -2.11. The normalized spacial score (nSPS) is 20.7. The van der Waals surface area contributed by atoms with Crippen molar-refractivity contribution in [1.82, 2.24) is 5.48 Å². The Hall–Kier alpha value is -1.44. The van der Waals surface area contributed by atoms with E-state index in [-0.39, 0.29) is 11.9 Å². The molecule has 1 heterocycles. The van der Waals surface area contributed by atoms with Gasteiger partial charge in [-0.1, -0.05) is 0 Å². The quantitative estimate of drug-likeness (QED) is 0.736. The van der Waals surface area contributed by atoms with Crippen LogP contribution in [0.1, 0.15) is 23.6 Å². The van der Waals surface area contributed by atoms with E-state index in [9.17, 15) is 4.39 Å². The molecule has 0 aromatic heterocycles. The van der Waals surface area contributed by atoms with Crippen LogP contribution in [-0.2, 0) is 4.84 Å². The van der Waals surface area contributed by atoms with Gasteiger partial charge in [0.05, 0.1) is 24.3 Å². The van der Waals surface area contributed by atoms with Crippen LogP contribution in [0.4, 0.5) is 4.39 Å². The molecule has 3 nitrogen and oxygen atoms in total. The van der Waals surface area contributed by atoms with Gasteiger partial charge in [0.15, 0.2) is 0 Å². The maximum Gasteiger partial charge on any atom is 0.124 e. The fourth-order valence-corrected chi connectivity index (χ4v) is 1.51. The fraction of sp³-hybridized carbons (Fsp3) is 0.300. The molecule has 0 bridgehead atoms. The average molecular weight is 192 g/mol. The van der Waals surface area contributed by atoms with Gasteiger partial charge in [-0.15, -0.1) is 0 Å². The molecule has 1 aromatic rings. The zero-order chi connectivity index (χ0) is 9.97. The lowest BCUT2D eigenvalue weighted by atomic mass is 10.0. The van der Waals surface area contributed by atoms with E-state index in [0.717, 1.165) is 12.0 Å². The first-order valence-electron chi connectivity index (χ1n) is 4.37. The molecular formula is C10H9FN2O. The van der Waals surface area contributed by atoms with Crippen LogP contribution in [0.25, 0.3) is 0 Å². The molecule has 2 rings (SSSR count). The van der Waals surface area contributed by atoms with Crippen LogP contribution in [0.2, 0.25) is 0 Å². The van der Waals surface area contributed by atoms with Crippen LogP contribution in [0.15, 0.2) is 18.2 Å². The number of nitrogens with zero attached hydrogens (tertiary/aromatic N) is 1. The number of hydrogen-bond donors (Lipinski definition) is 1. The monoisotopic (exact) mass is 192 g/mol. The molecule has 1 N–H and O–H groups in total.